The Morgan fingerprint density at radius 3 is 2.59 bits per heavy atom. The van der Waals surface area contributed by atoms with Crippen LogP contribution in [-0.4, -0.2) is 63.9 Å². The minimum absolute atomic E-state index is 0.0355. The number of nitrogens with one attached hydrogen (secondary N) is 1. The molecule has 1 rings (SSSR count). The first-order chi connectivity index (χ1) is 7.96. The van der Waals surface area contributed by atoms with Crippen molar-refractivity contribution in [2.45, 2.75) is 13.0 Å². The van der Waals surface area contributed by atoms with Gasteiger partial charge in [0.15, 0.2) is 0 Å². The van der Waals surface area contributed by atoms with Gasteiger partial charge in [0.05, 0.1) is 25.0 Å². The number of rotatable bonds is 5. The molecule has 3 N–H and O–H groups in total. The number of carbonyl (C=O) groups excluding carboxylic acids is 1. The van der Waals surface area contributed by atoms with Crippen LogP contribution in [-0.2, 0) is 19.6 Å². The second kappa shape index (κ2) is 6.29. The standard InChI is InChI=1S/C9H19N3O4S/c1-8(11-17(14,15)7-2-10)9(13)12-3-5-16-6-4-12/h8,11H,2-7,10H2,1H3. The number of sulfonamides is 1. The van der Waals surface area contributed by atoms with E-state index in [4.69, 9.17) is 10.5 Å². The number of hydrogen-bond donors (Lipinski definition) is 2. The van der Waals surface area contributed by atoms with E-state index in [-0.39, 0.29) is 18.2 Å². The summed E-state index contributed by atoms with van der Waals surface area (Å²) in [5.41, 5.74) is 5.18. The molecule has 0 aromatic heterocycles. The van der Waals surface area contributed by atoms with Crippen LogP contribution in [0.1, 0.15) is 6.92 Å². The van der Waals surface area contributed by atoms with Crippen molar-refractivity contribution in [3.63, 3.8) is 0 Å². The third-order valence-corrected chi connectivity index (χ3v) is 3.92. The minimum atomic E-state index is -3.47. The Kier molecular flexibility index (Phi) is 5.31. The lowest BCUT2D eigenvalue weighted by molar-refractivity contribution is -0.136. The van der Waals surface area contributed by atoms with Gasteiger partial charge < -0.3 is 15.4 Å². The number of morpholine rings is 1. The average molecular weight is 265 g/mol. The van der Waals surface area contributed by atoms with Crippen LogP contribution in [0.15, 0.2) is 0 Å². The molecule has 1 heterocycles. The zero-order valence-electron chi connectivity index (χ0n) is 9.89. The van der Waals surface area contributed by atoms with E-state index in [1.165, 1.54) is 6.92 Å². The molecule has 0 radical (unpaired) electrons. The number of carbonyl (C=O) groups is 1. The third kappa shape index (κ3) is 4.58. The van der Waals surface area contributed by atoms with Gasteiger partial charge in [0, 0.05) is 19.6 Å². The molecule has 1 amide bonds. The fourth-order valence-electron chi connectivity index (χ4n) is 1.59. The second-order valence-electron chi connectivity index (χ2n) is 3.88. The van der Waals surface area contributed by atoms with Crippen molar-refractivity contribution in [1.29, 1.82) is 0 Å². The first-order valence-electron chi connectivity index (χ1n) is 5.53. The summed E-state index contributed by atoms with van der Waals surface area (Å²) in [4.78, 5) is 13.5. The summed E-state index contributed by atoms with van der Waals surface area (Å²) in [5, 5.41) is 0. The van der Waals surface area contributed by atoms with E-state index in [1.807, 2.05) is 0 Å². The quantitative estimate of drug-likeness (QED) is 0.605. The molecular weight excluding hydrogens is 246 g/mol. The van der Waals surface area contributed by atoms with Crippen LogP contribution in [0.3, 0.4) is 0 Å². The fraction of sp³-hybridized carbons (Fsp3) is 0.889. The summed E-state index contributed by atoms with van der Waals surface area (Å²) in [6.07, 6.45) is 0. The SMILES string of the molecule is CC(NS(=O)(=O)CCN)C(=O)N1CCOCC1. The summed E-state index contributed by atoms with van der Waals surface area (Å²) in [5.74, 6) is -0.401. The highest BCUT2D eigenvalue weighted by atomic mass is 32.2. The van der Waals surface area contributed by atoms with Gasteiger partial charge in [0.2, 0.25) is 15.9 Å². The molecule has 1 unspecified atom stereocenters. The van der Waals surface area contributed by atoms with Crippen molar-refractivity contribution in [2.75, 3.05) is 38.6 Å². The monoisotopic (exact) mass is 265 g/mol. The Labute approximate surface area is 101 Å². The molecule has 0 aromatic rings. The Morgan fingerprint density at radius 1 is 1.47 bits per heavy atom. The van der Waals surface area contributed by atoms with Gasteiger partial charge in [-0.3, -0.25) is 4.79 Å². The van der Waals surface area contributed by atoms with Crippen molar-refractivity contribution in [2.24, 2.45) is 5.73 Å². The summed E-state index contributed by atoms with van der Waals surface area (Å²) < 4.78 is 30.3. The molecule has 0 saturated carbocycles. The highest BCUT2D eigenvalue weighted by Gasteiger charge is 2.25. The molecular formula is C9H19N3O4S. The van der Waals surface area contributed by atoms with Crippen LogP contribution in [0.25, 0.3) is 0 Å². The molecule has 1 aliphatic rings. The van der Waals surface area contributed by atoms with Crippen molar-refractivity contribution in [3.05, 3.63) is 0 Å². The van der Waals surface area contributed by atoms with Gasteiger partial charge >= 0.3 is 0 Å². The summed E-state index contributed by atoms with van der Waals surface area (Å²) in [7, 11) is -3.47. The minimum Gasteiger partial charge on any atom is -0.378 e. The largest absolute Gasteiger partial charge is 0.378 e. The van der Waals surface area contributed by atoms with Gasteiger partial charge in [0.1, 0.15) is 0 Å². The lowest BCUT2D eigenvalue weighted by atomic mass is 10.3. The Bertz CT molecular complexity index is 351. The molecule has 100 valence electrons. The van der Waals surface area contributed by atoms with Crippen LogP contribution in [0.4, 0.5) is 0 Å². The van der Waals surface area contributed by atoms with E-state index in [2.05, 4.69) is 4.72 Å². The lowest BCUT2D eigenvalue weighted by Gasteiger charge is -2.29. The molecule has 1 fully saturated rings. The van der Waals surface area contributed by atoms with E-state index >= 15 is 0 Å². The van der Waals surface area contributed by atoms with E-state index in [9.17, 15) is 13.2 Å². The molecule has 0 spiro atoms. The first-order valence-corrected chi connectivity index (χ1v) is 7.18. The molecule has 1 aliphatic heterocycles. The summed E-state index contributed by atoms with van der Waals surface area (Å²) in [6.45, 7) is 3.56. The average Bonchev–Trinajstić information content (AvgIpc) is 2.28. The van der Waals surface area contributed by atoms with Crippen LogP contribution in [0, 0.1) is 0 Å². The van der Waals surface area contributed by atoms with E-state index < -0.39 is 16.1 Å². The van der Waals surface area contributed by atoms with Crippen molar-refractivity contribution in [1.82, 2.24) is 9.62 Å². The fourth-order valence-corrected chi connectivity index (χ4v) is 2.66. The summed E-state index contributed by atoms with van der Waals surface area (Å²) in [6, 6.07) is -0.760. The molecule has 0 bridgehead atoms. The predicted molar refractivity (Wildman–Crippen MR) is 62.8 cm³/mol. The number of amides is 1. The zero-order valence-corrected chi connectivity index (χ0v) is 10.7. The maximum atomic E-state index is 11.9. The van der Waals surface area contributed by atoms with Gasteiger partial charge in [-0.2, -0.15) is 0 Å². The second-order valence-corrected chi connectivity index (χ2v) is 5.76. The molecule has 7 nitrogen and oxygen atoms in total. The van der Waals surface area contributed by atoms with Crippen LogP contribution in [0.5, 0.6) is 0 Å². The number of ether oxygens (including phenoxy) is 1. The topological polar surface area (TPSA) is 102 Å². The van der Waals surface area contributed by atoms with Crippen molar-refractivity contribution in [3.8, 4) is 0 Å². The maximum Gasteiger partial charge on any atom is 0.240 e. The first kappa shape index (κ1) is 14.4. The number of nitrogens with two attached hydrogens (primary N) is 1. The Balaban J connectivity index is 2.51. The summed E-state index contributed by atoms with van der Waals surface area (Å²) >= 11 is 0. The van der Waals surface area contributed by atoms with Gasteiger partial charge in [-0.1, -0.05) is 0 Å². The van der Waals surface area contributed by atoms with E-state index in [0.717, 1.165) is 0 Å². The smallest absolute Gasteiger partial charge is 0.240 e. The van der Waals surface area contributed by atoms with Crippen LogP contribution in [0.2, 0.25) is 0 Å². The van der Waals surface area contributed by atoms with Crippen molar-refractivity contribution < 1.29 is 17.9 Å². The Hall–Kier alpha value is -0.700. The predicted octanol–water partition coefficient (Wildman–Crippen LogP) is -1.89. The van der Waals surface area contributed by atoms with Gasteiger partial charge in [-0.05, 0) is 6.92 Å². The molecule has 1 atom stereocenters. The highest BCUT2D eigenvalue weighted by Crippen LogP contribution is 2.01. The van der Waals surface area contributed by atoms with Gasteiger partial charge in [0.25, 0.3) is 0 Å². The Morgan fingerprint density at radius 2 is 2.06 bits per heavy atom. The highest BCUT2D eigenvalue weighted by molar-refractivity contribution is 7.89. The lowest BCUT2D eigenvalue weighted by Crippen LogP contribution is -2.51. The number of hydrogen-bond acceptors (Lipinski definition) is 5. The van der Waals surface area contributed by atoms with Crippen LogP contribution >= 0.6 is 0 Å². The van der Waals surface area contributed by atoms with E-state index in [0.29, 0.717) is 26.3 Å². The molecule has 0 aliphatic carbocycles. The molecule has 8 heteroatoms. The molecule has 17 heavy (non-hydrogen) atoms. The van der Waals surface area contributed by atoms with Crippen molar-refractivity contribution >= 4 is 15.9 Å². The van der Waals surface area contributed by atoms with Gasteiger partial charge in [-0.25, -0.2) is 13.1 Å². The zero-order chi connectivity index (χ0) is 12.9. The van der Waals surface area contributed by atoms with E-state index in [1.54, 1.807) is 4.90 Å². The third-order valence-electron chi connectivity index (χ3n) is 2.44. The maximum absolute atomic E-state index is 11.9. The normalized spacial score (nSPS) is 19.1. The molecule has 1 saturated heterocycles. The van der Waals surface area contributed by atoms with Gasteiger partial charge in [-0.15, -0.1) is 0 Å². The number of nitrogens with zero attached hydrogens (tertiary/aromatic N) is 1. The van der Waals surface area contributed by atoms with Crippen LogP contribution < -0.4 is 10.5 Å². The molecule has 0 aromatic carbocycles.